The molecule has 4 nitrogen and oxygen atoms in total. The third-order valence-corrected chi connectivity index (χ3v) is 4.42. The molecule has 0 bridgehead atoms. The number of amides is 1. The summed E-state index contributed by atoms with van der Waals surface area (Å²) >= 11 is 5.92. The molecule has 0 radical (unpaired) electrons. The Morgan fingerprint density at radius 1 is 1.18 bits per heavy atom. The van der Waals surface area contributed by atoms with Gasteiger partial charge >= 0.3 is 0 Å². The van der Waals surface area contributed by atoms with Gasteiger partial charge in [-0.15, -0.1) is 0 Å². The van der Waals surface area contributed by atoms with Crippen molar-refractivity contribution in [1.29, 1.82) is 0 Å². The van der Waals surface area contributed by atoms with Gasteiger partial charge in [-0.2, -0.15) is 0 Å². The van der Waals surface area contributed by atoms with Crippen molar-refractivity contribution in [2.45, 2.75) is 11.8 Å². The van der Waals surface area contributed by atoms with E-state index in [2.05, 4.69) is 5.32 Å². The second-order valence-electron chi connectivity index (χ2n) is 4.85. The lowest BCUT2D eigenvalue weighted by molar-refractivity contribution is 0.102. The number of hydrogen-bond donors (Lipinski definition) is 1. The predicted molar refractivity (Wildman–Crippen MR) is 83.7 cm³/mol. The Kier molecular flexibility index (Phi) is 4.53. The molecule has 2 aromatic rings. The zero-order chi connectivity index (χ0) is 16.5. The van der Waals surface area contributed by atoms with Crippen molar-refractivity contribution in [3.63, 3.8) is 0 Å². The van der Waals surface area contributed by atoms with Crippen molar-refractivity contribution in [3.05, 3.63) is 58.4 Å². The first-order valence-electron chi connectivity index (χ1n) is 6.25. The van der Waals surface area contributed by atoms with Gasteiger partial charge in [0.15, 0.2) is 9.84 Å². The predicted octanol–water partition coefficient (Wildman–Crippen LogP) is 3.44. The number of benzene rings is 2. The molecule has 0 saturated carbocycles. The van der Waals surface area contributed by atoms with Crippen molar-refractivity contribution in [2.24, 2.45) is 0 Å². The van der Waals surface area contributed by atoms with E-state index >= 15 is 0 Å². The summed E-state index contributed by atoms with van der Waals surface area (Å²) in [6.45, 7) is 1.72. The molecule has 0 spiro atoms. The van der Waals surface area contributed by atoms with Gasteiger partial charge in [0.05, 0.1) is 21.2 Å². The number of halogens is 2. The number of hydrogen-bond acceptors (Lipinski definition) is 3. The smallest absolute Gasteiger partial charge is 0.257 e. The van der Waals surface area contributed by atoms with Crippen LogP contribution in [0.5, 0.6) is 0 Å². The quantitative estimate of drug-likeness (QED) is 0.930. The molecule has 0 aliphatic heterocycles. The highest BCUT2D eigenvalue weighted by Gasteiger charge is 2.16. The Balaban J connectivity index is 2.37. The Morgan fingerprint density at radius 3 is 2.45 bits per heavy atom. The molecule has 22 heavy (non-hydrogen) atoms. The van der Waals surface area contributed by atoms with Crippen molar-refractivity contribution >= 4 is 33.0 Å². The molecule has 0 heterocycles. The van der Waals surface area contributed by atoms with Crippen molar-refractivity contribution in [2.75, 3.05) is 11.6 Å². The average molecular weight is 342 g/mol. The Bertz CT molecular complexity index is 850. The molecular weight excluding hydrogens is 329 g/mol. The van der Waals surface area contributed by atoms with Crippen LogP contribution in [-0.4, -0.2) is 20.6 Å². The minimum Gasteiger partial charge on any atom is -0.319 e. The third-order valence-electron chi connectivity index (χ3n) is 2.98. The first kappa shape index (κ1) is 16.5. The maximum absolute atomic E-state index is 13.8. The molecule has 116 valence electrons. The molecule has 0 aliphatic carbocycles. The lowest BCUT2D eigenvalue weighted by Gasteiger charge is -2.09. The highest BCUT2D eigenvalue weighted by molar-refractivity contribution is 7.90. The van der Waals surface area contributed by atoms with E-state index in [0.29, 0.717) is 5.56 Å². The van der Waals surface area contributed by atoms with Crippen LogP contribution in [0.4, 0.5) is 10.1 Å². The Labute approximate surface area is 132 Å². The van der Waals surface area contributed by atoms with Gasteiger partial charge in [0.1, 0.15) is 5.82 Å². The summed E-state index contributed by atoms with van der Waals surface area (Å²) in [5, 5.41) is 2.46. The highest BCUT2D eigenvalue weighted by Crippen LogP contribution is 2.23. The van der Waals surface area contributed by atoms with Crippen LogP contribution < -0.4 is 5.32 Å². The highest BCUT2D eigenvalue weighted by atomic mass is 35.5. The maximum atomic E-state index is 13.8. The molecular formula is C15H13ClFNO3S. The van der Waals surface area contributed by atoms with Crippen LogP contribution >= 0.6 is 11.6 Å². The number of sulfone groups is 1. The first-order chi connectivity index (χ1) is 10.2. The summed E-state index contributed by atoms with van der Waals surface area (Å²) in [4.78, 5) is 12.2. The van der Waals surface area contributed by atoms with Gasteiger partial charge in [0.2, 0.25) is 0 Å². The maximum Gasteiger partial charge on any atom is 0.257 e. The van der Waals surface area contributed by atoms with Crippen LogP contribution in [0.25, 0.3) is 0 Å². The third kappa shape index (κ3) is 3.64. The fraction of sp³-hybridized carbons (Fsp3) is 0.133. The molecule has 7 heteroatoms. The van der Waals surface area contributed by atoms with E-state index < -0.39 is 21.6 Å². The monoisotopic (exact) mass is 341 g/mol. The van der Waals surface area contributed by atoms with E-state index in [1.165, 1.54) is 30.3 Å². The van der Waals surface area contributed by atoms with Crippen LogP contribution in [0.1, 0.15) is 15.9 Å². The lowest BCUT2D eigenvalue weighted by Crippen LogP contribution is -2.14. The summed E-state index contributed by atoms with van der Waals surface area (Å²) in [6, 6.07) is 8.15. The number of aryl methyl sites for hydroxylation is 1. The van der Waals surface area contributed by atoms with E-state index in [0.717, 1.165) is 6.26 Å². The van der Waals surface area contributed by atoms with Crippen LogP contribution in [-0.2, 0) is 9.84 Å². The molecule has 0 saturated heterocycles. The second-order valence-corrected chi connectivity index (χ2v) is 7.27. The molecule has 2 aromatic carbocycles. The van der Waals surface area contributed by atoms with E-state index in [1.807, 2.05) is 0 Å². The fourth-order valence-electron chi connectivity index (χ4n) is 1.82. The topological polar surface area (TPSA) is 63.2 Å². The lowest BCUT2D eigenvalue weighted by atomic mass is 10.2. The number of carbonyl (C=O) groups is 1. The number of anilines is 1. The van der Waals surface area contributed by atoms with Crippen molar-refractivity contribution in [3.8, 4) is 0 Å². The summed E-state index contributed by atoms with van der Waals surface area (Å²) in [7, 11) is -3.47. The molecule has 2 rings (SSSR count). The Hall–Kier alpha value is -1.92. The zero-order valence-corrected chi connectivity index (χ0v) is 13.4. The molecule has 0 unspecified atom stereocenters. The van der Waals surface area contributed by atoms with Crippen molar-refractivity contribution < 1.29 is 17.6 Å². The molecule has 0 aromatic heterocycles. The van der Waals surface area contributed by atoms with Gasteiger partial charge in [-0.25, -0.2) is 12.8 Å². The summed E-state index contributed by atoms with van der Waals surface area (Å²) in [5.74, 6) is -1.26. The van der Waals surface area contributed by atoms with Crippen molar-refractivity contribution in [1.82, 2.24) is 0 Å². The standard InChI is InChI=1S/C15H13ClFNO3S/c1-9-3-6-14(13(17)7-9)18-15(19)11-8-10(22(2,20)21)4-5-12(11)16/h3-8H,1-2H3,(H,18,19). The van der Waals surface area contributed by atoms with Gasteiger partial charge in [-0.3, -0.25) is 4.79 Å². The minimum absolute atomic E-state index is 0.00331. The normalized spacial score (nSPS) is 11.3. The largest absolute Gasteiger partial charge is 0.319 e. The van der Waals surface area contributed by atoms with E-state index in [4.69, 9.17) is 11.6 Å². The average Bonchev–Trinajstić information content (AvgIpc) is 2.41. The van der Waals surface area contributed by atoms with Gasteiger partial charge in [-0.05, 0) is 42.8 Å². The summed E-state index contributed by atoms with van der Waals surface area (Å²) < 4.78 is 36.8. The van der Waals surface area contributed by atoms with Crippen LogP contribution in [0.15, 0.2) is 41.3 Å². The number of nitrogens with one attached hydrogen (secondary N) is 1. The van der Waals surface area contributed by atoms with Gasteiger partial charge in [0.25, 0.3) is 5.91 Å². The van der Waals surface area contributed by atoms with Crippen LogP contribution in [0.3, 0.4) is 0 Å². The van der Waals surface area contributed by atoms with Gasteiger partial charge in [-0.1, -0.05) is 17.7 Å². The number of rotatable bonds is 3. The minimum atomic E-state index is -3.47. The zero-order valence-electron chi connectivity index (χ0n) is 11.9. The fourth-order valence-corrected chi connectivity index (χ4v) is 2.67. The van der Waals surface area contributed by atoms with Gasteiger partial charge in [0, 0.05) is 6.26 Å². The van der Waals surface area contributed by atoms with Gasteiger partial charge < -0.3 is 5.32 Å². The molecule has 0 atom stereocenters. The second kappa shape index (κ2) is 6.06. The first-order valence-corrected chi connectivity index (χ1v) is 8.52. The van der Waals surface area contributed by atoms with E-state index in [-0.39, 0.29) is 21.2 Å². The SMILES string of the molecule is Cc1ccc(NC(=O)c2cc(S(C)(=O)=O)ccc2Cl)c(F)c1. The number of carbonyl (C=O) groups excluding carboxylic acids is 1. The molecule has 1 N–H and O–H groups in total. The molecule has 1 amide bonds. The summed E-state index contributed by atoms with van der Waals surface area (Å²) in [5.41, 5.74) is 0.675. The summed E-state index contributed by atoms with van der Waals surface area (Å²) in [6.07, 6.45) is 1.03. The van der Waals surface area contributed by atoms with E-state index in [1.54, 1.807) is 13.0 Å². The Morgan fingerprint density at radius 2 is 1.86 bits per heavy atom. The molecule has 0 aliphatic rings. The van der Waals surface area contributed by atoms with Crippen LogP contribution in [0.2, 0.25) is 5.02 Å². The van der Waals surface area contributed by atoms with E-state index in [9.17, 15) is 17.6 Å². The van der Waals surface area contributed by atoms with Crippen LogP contribution in [0, 0.1) is 12.7 Å². The molecule has 0 fully saturated rings.